The lowest BCUT2D eigenvalue weighted by Crippen LogP contribution is -2.11. The summed E-state index contributed by atoms with van der Waals surface area (Å²) in [5.74, 6) is -0.328. The van der Waals surface area contributed by atoms with Gasteiger partial charge in [-0.3, -0.25) is 24.5 Å². The average molecular weight is 1010 g/mol. The summed E-state index contributed by atoms with van der Waals surface area (Å²) in [6.45, 7) is 0. The molecular weight excluding hydrogens is 967 g/mol. The highest BCUT2D eigenvalue weighted by molar-refractivity contribution is 14.0. The molecule has 61 heavy (non-hydrogen) atoms. The summed E-state index contributed by atoms with van der Waals surface area (Å²) in [5, 5.41) is 16.8. The molecule has 11 nitrogen and oxygen atoms in total. The molecule has 314 valence electrons. The van der Waals surface area contributed by atoms with Crippen molar-refractivity contribution in [1.29, 1.82) is 0 Å². The van der Waals surface area contributed by atoms with Gasteiger partial charge in [0.2, 0.25) is 0 Å². The van der Waals surface area contributed by atoms with E-state index in [4.69, 9.17) is 5.73 Å². The number of para-hydroxylation sites is 1. The third-order valence-corrected chi connectivity index (χ3v) is 8.47. The third kappa shape index (κ3) is 14.8. The number of hydrogen-bond acceptors (Lipinski definition) is 9. The molecule has 5 aromatic carbocycles. The molecule has 0 aliphatic carbocycles. The molecule has 0 spiro atoms. The van der Waals surface area contributed by atoms with Crippen molar-refractivity contribution in [1.82, 2.24) is 15.0 Å². The first-order valence-electron chi connectivity index (χ1n) is 17.7. The molecule has 8 rings (SSSR count). The van der Waals surface area contributed by atoms with Crippen molar-refractivity contribution < 1.29 is 9.59 Å². The number of rotatable bonds is 10. The highest BCUT2D eigenvalue weighted by Crippen LogP contribution is 2.26. The third-order valence-electron chi connectivity index (χ3n) is 8.47. The van der Waals surface area contributed by atoms with E-state index in [-0.39, 0.29) is 85.4 Å². The average Bonchev–Trinajstić information content (AvgIpc) is 3.24. The molecule has 0 saturated heterocycles. The number of carbonyl (C=O) groups is 2. The summed E-state index contributed by atoms with van der Waals surface area (Å²) in [4.78, 5) is 37.2. The van der Waals surface area contributed by atoms with Crippen LogP contribution in [0.25, 0.3) is 10.9 Å². The van der Waals surface area contributed by atoms with Gasteiger partial charge in [-0.25, -0.2) is 0 Å². The van der Waals surface area contributed by atoms with Crippen LogP contribution in [0.4, 0.5) is 51.2 Å². The van der Waals surface area contributed by atoms with Gasteiger partial charge in [0.25, 0.3) is 11.8 Å². The smallest absolute Gasteiger partial charge is 0.255 e. The van der Waals surface area contributed by atoms with Gasteiger partial charge in [0, 0.05) is 98.7 Å². The number of aromatic nitrogens is 3. The van der Waals surface area contributed by atoms with Crippen molar-refractivity contribution in [3.8, 4) is 0 Å². The van der Waals surface area contributed by atoms with Gasteiger partial charge in [-0.05, 0) is 133 Å². The minimum absolute atomic E-state index is 0. The van der Waals surface area contributed by atoms with Crippen LogP contribution in [-0.4, -0.2) is 26.8 Å². The number of nitrogens with one attached hydrogen (secondary N) is 5. The lowest BCUT2D eigenvalue weighted by molar-refractivity contribution is 0.101. The normalized spacial score (nSPS) is 9.51. The number of anilines is 9. The number of carbonyl (C=O) groups excluding carboxylic acids is 2. The summed E-state index contributed by atoms with van der Waals surface area (Å²) in [7, 11) is 0. The predicted molar refractivity (Wildman–Crippen MR) is 271 cm³/mol. The molecule has 3 heterocycles. The minimum atomic E-state index is -0.167. The number of hydrogen-bond donors (Lipinski definition) is 6. The predicted octanol–water partition coefficient (Wildman–Crippen LogP) is 12.3. The van der Waals surface area contributed by atoms with Crippen molar-refractivity contribution >= 4 is 148 Å². The van der Waals surface area contributed by atoms with Crippen LogP contribution in [0.1, 0.15) is 20.7 Å². The number of fused-ring (bicyclic) bond motifs is 1. The molecule has 0 saturated carbocycles. The van der Waals surface area contributed by atoms with E-state index >= 15 is 0 Å². The van der Waals surface area contributed by atoms with Crippen LogP contribution in [0.15, 0.2) is 183 Å². The molecule has 0 aliphatic rings. The van der Waals surface area contributed by atoms with E-state index in [9.17, 15) is 9.59 Å². The van der Waals surface area contributed by atoms with E-state index in [1.807, 2.05) is 115 Å². The van der Waals surface area contributed by atoms with Gasteiger partial charge in [-0.15, -0.1) is 73.6 Å². The Hall–Kier alpha value is -6.16. The summed E-state index contributed by atoms with van der Waals surface area (Å²) < 4.78 is 0. The van der Waals surface area contributed by atoms with Crippen LogP contribution < -0.4 is 32.3 Å². The fourth-order valence-electron chi connectivity index (χ4n) is 5.58. The lowest BCUT2D eigenvalue weighted by atomic mass is 10.1. The second kappa shape index (κ2) is 25.5. The highest BCUT2D eigenvalue weighted by Gasteiger charge is 2.09. The lowest BCUT2D eigenvalue weighted by Gasteiger charge is -2.11. The molecule has 0 fully saturated rings. The van der Waals surface area contributed by atoms with Crippen LogP contribution in [0.3, 0.4) is 0 Å². The van der Waals surface area contributed by atoms with Crippen LogP contribution in [0.2, 0.25) is 0 Å². The van der Waals surface area contributed by atoms with E-state index in [1.54, 1.807) is 67.4 Å². The molecule has 3 aromatic heterocycles. The second-order valence-corrected chi connectivity index (χ2v) is 12.5. The molecular formula is C45H42Cl4IN9O2. The summed E-state index contributed by atoms with van der Waals surface area (Å²) >= 11 is 0. The van der Waals surface area contributed by atoms with E-state index in [0.29, 0.717) is 16.8 Å². The topological polar surface area (TPSA) is 159 Å². The zero-order valence-electron chi connectivity index (χ0n) is 32.1. The monoisotopic (exact) mass is 1010 g/mol. The fraction of sp³-hybridized carbons (Fsp3) is 0. The first-order chi connectivity index (χ1) is 27.4. The molecule has 7 N–H and O–H groups in total. The van der Waals surface area contributed by atoms with E-state index < -0.39 is 0 Å². The second-order valence-electron chi connectivity index (χ2n) is 12.5. The maximum atomic E-state index is 12.7. The van der Waals surface area contributed by atoms with Gasteiger partial charge in [0.05, 0.1) is 5.52 Å². The molecule has 2 amide bonds. The molecule has 0 bridgehead atoms. The van der Waals surface area contributed by atoms with Gasteiger partial charge in [-0.2, -0.15) is 0 Å². The molecule has 0 unspecified atom stereocenters. The first-order valence-corrected chi connectivity index (χ1v) is 17.7. The molecule has 0 atom stereocenters. The standard InChI is InChI=1S/C27H21N5O.C18H16N4O.4ClH.HI/c33-27(32-22-11-9-20(10-12-22)30-23-13-16-28-17-14-23)19-5-7-21(8-6-19)31-26-15-18-29-25-4-2-1-3-24(25)26;19-14-3-1-13(2-4-14)18(23)22-16-7-5-15(6-8-16)21-17-9-11-20-12-10-17;;;;;/h1-18H,(H,28,30)(H,29,31)(H,32,33);1-12H,19H2,(H,20,21)(H,22,23);5*1H. The van der Waals surface area contributed by atoms with Crippen LogP contribution in [-0.2, 0) is 0 Å². The Morgan fingerprint density at radius 2 is 0.787 bits per heavy atom. The van der Waals surface area contributed by atoms with Gasteiger partial charge in [0.1, 0.15) is 0 Å². The Morgan fingerprint density at radius 3 is 1.26 bits per heavy atom. The number of nitrogen functional groups attached to an aromatic ring is 1. The van der Waals surface area contributed by atoms with E-state index in [2.05, 4.69) is 41.5 Å². The van der Waals surface area contributed by atoms with Gasteiger partial charge >= 0.3 is 0 Å². The number of halogens is 5. The van der Waals surface area contributed by atoms with Crippen LogP contribution in [0.5, 0.6) is 0 Å². The highest BCUT2D eigenvalue weighted by atomic mass is 127. The summed E-state index contributed by atoms with van der Waals surface area (Å²) in [6, 6.07) is 46.7. The Labute approximate surface area is 395 Å². The minimum Gasteiger partial charge on any atom is -0.399 e. The van der Waals surface area contributed by atoms with Gasteiger partial charge < -0.3 is 32.3 Å². The zero-order chi connectivity index (χ0) is 38.5. The number of amides is 2. The van der Waals surface area contributed by atoms with Crippen molar-refractivity contribution in [2.45, 2.75) is 0 Å². The van der Waals surface area contributed by atoms with Crippen LogP contribution in [0, 0.1) is 0 Å². The Bertz CT molecular complexity index is 2540. The van der Waals surface area contributed by atoms with Crippen LogP contribution >= 0.6 is 73.6 Å². The summed E-state index contributed by atoms with van der Waals surface area (Å²) in [5.41, 5.74) is 15.4. The molecule has 0 aliphatic heterocycles. The van der Waals surface area contributed by atoms with Crippen molar-refractivity contribution in [2.75, 3.05) is 32.3 Å². The molecule has 8 aromatic rings. The van der Waals surface area contributed by atoms with E-state index in [0.717, 1.165) is 56.4 Å². The Morgan fingerprint density at radius 1 is 0.410 bits per heavy atom. The largest absolute Gasteiger partial charge is 0.399 e. The number of pyridine rings is 3. The SMILES string of the molecule is Cl.Cl.Cl.Cl.I.Nc1ccc(C(=O)Nc2ccc(Nc3ccncc3)cc2)cc1.O=C(Nc1ccc(Nc2ccncc2)cc1)c1ccc(Nc2ccnc3ccccc23)cc1. The van der Waals surface area contributed by atoms with E-state index in [1.165, 1.54) is 0 Å². The maximum absolute atomic E-state index is 12.7. The number of nitrogens with zero attached hydrogens (tertiary/aromatic N) is 3. The molecule has 0 radical (unpaired) electrons. The maximum Gasteiger partial charge on any atom is 0.255 e. The summed E-state index contributed by atoms with van der Waals surface area (Å²) in [6.07, 6.45) is 8.70. The Balaban J connectivity index is 0.000000409. The Kier molecular flexibility index (Phi) is 21.3. The van der Waals surface area contributed by atoms with Crippen molar-refractivity contribution in [3.05, 3.63) is 194 Å². The zero-order valence-corrected chi connectivity index (χ0v) is 37.7. The molecule has 16 heteroatoms. The van der Waals surface area contributed by atoms with Crippen molar-refractivity contribution in [2.24, 2.45) is 0 Å². The number of benzene rings is 5. The fourth-order valence-corrected chi connectivity index (χ4v) is 5.58. The number of nitrogens with two attached hydrogens (primary N) is 1. The van der Waals surface area contributed by atoms with Gasteiger partial charge in [-0.1, -0.05) is 18.2 Å². The first kappa shape index (κ1) is 51.0. The van der Waals surface area contributed by atoms with Crippen molar-refractivity contribution in [3.63, 3.8) is 0 Å². The quantitative estimate of drug-likeness (QED) is 0.0579. The van der Waals surface area contributed by atoms with Gasteiger partial charge in [0.15, 0.2) is 0 Å².